The third-order valence-electron chi connectivity index (χ3n) is 2.75. The number of amides is 1. The SMILES string of the molecule is CN(C(=O)C(=O)c1ccc(F)cc1)c1ccccc1. The van der Waals surface area contributed by atoms with Gasteiger partial charge in [0.25, 0.3) is 11.7 Å². The van der Waals surface area contributed by atoms with Gasteiger partial charge in [-0.2, -0.15) is 0 Å². The van der Waals surface area contributed by atoms with Gasteiger partial charge in [-0.1, -0.05) is 18.2 Å². The van der Waals surface area contributed by atoms with Gasteiger partial charge in [-0.3, -0.25) is 9.59 Å². The van der Waals surface area contributed by atoms with Crippen LogP contribution >= 0.6 is 0 Å². The van der Waals surface area contributed by atoms with Crippen molar-refractivity contribution < 1.29 is 14.0 Å². The summed E-state index contributed by atoms with van der Waals surface area (Å²) in [6.45, 7) is 0. The maximum atomic E-state index is 12.8. The first-order valence-electron chi connectivity index (χ1n) is 5.72. The Morgan fingerprint density at radius 3 is 2.11 bits per heavy atom. The summed E-state index contributed by atoms with van der Waals surface area (Å²) >= 11 is 0. The second-order valence-corrected chi connectivity index (χ2v) is 4.04. The number of carbonyl (C=O) groups excluding carboxylic acids is 2. The first-order valence-corrected chi connectivity index (χ1v) is 5.72. The molecule has 2 rings (SSSR count). The van der Waals surface area contributed by atoms with Gasteiger partial charge in [0.1, 0.15) is 5.82 Å². The predicted octanol–water partition coefficient (Wildman–Crippen LogP) is 2.67. The quantitative estimate of drug-likeness (QED) is 0.626. The predicted molar refractivity (Wildman–Crippen MR) is 70.6 cm³/mol. The van der Waals surface area contributed by atoms with Crippen LogP contribution in [0.5, 0.6) is 0 Å². The van der Waals surface area contributed by atoms with Crippen molar-refractivity contribution in [2.75, 3.05) is 11.9 Å². The Morgan fingerprint density at radius 2 is 1.53 bits per heavy atom. The normalized spacial score (nSPS) is 10.0. The van der Waals surface area contributed by atoms with E-state index in [0.29, 0.717) is 5.69 Å². The number of halogens is 1. The molecule has 0 N–H and O–H groups in total. The van der Waals surface area contributed by atoms with Crippen LogP contribution in [0.1, 0.15) is 10.4 Å². The van der Waals surface area contributed by atoms with Gasteiger partial charge in [0.05, 0.1) is 0 Å². The van der Waals surface area contributed by atoms with Crippen molar-refractivity contribution in [2.24, 2.45) is 0 Å². The number of ketones is 1. The second kappa shape index (κ2) is 5.44. The van der Waals surface area contributed by atoms with E-state index in [-0.39, 0.29) is 5.56 Å². The molecule has 2 aromatic carbocycles. The van der Waals surface area contributed by atoms with E-state index in [1.54, 1.807) is 24.3 Å². The Kier molecular flexibility index (Phi) is 3.71. The standard InChI is InChI=1S/C15H12FNO2/c1-17(13-5-3-2-4-6-13)15(19)14(18)11-7-9-12(16)10-8-11/h2-10H,1H3. The van der Waals surface area contributed by atoms with Gasteiger partial charge in [0.15, 0.2) is 0 Å². The van der Waals surface area contributed by atoms with Crippen LogP contribution in [0.2, 0.25) is 0 Å². The van der Waals surface area contributed by atoms with Gasteiger partial charge >= 0.3 is 0 Å². The van der Waals surface area contributed by atoms with Gasteiger partial charge in [-0.15, -0.1) is 0 Å². The number of para-hydroxylation sites is 1. The van der Waals surface area contributed by atoms with Crippen LogP contribution in [-0.2, 0) is 4.79 Å². The smallest absolute Gasteiger partial charge is 0.299 e. The zero-order chi connectivity index (χ0) is 13.8. The highest BCUT2D eigenvalue weighted by Gasteiger charge is 2.21. The topological polar surface area (TPSA) is 37.4 Å². The molecule has 0 aromatic heterocycles. The van der Waals surface area contributed by atoms with Gasteiger partial charge in [-0.05, 0) is 36.4 Å². The Hall–Kier alpha value is -2.49. The van der Waals surface area contributed by atoms with Gasteiger partial charge in [-0.25, -0.2) is 4.39 Å². The van der Waals surface area contributed by atoms with E-state index in [0.717, 1.165) is 12.1 Å². The van der Waals surface area contributed by atoms with Gasteiger partial charge < -0.3 is 4.90 Å². The van der Waals surface area contributed by atoms with Gasteiger partial charge in [0, 0.05) is 18.3 Å². The Bertz CT molecular complexity index is 593. The molecule has 0 heterocycles. The Morgan fingerprint density at radius 1 is 0.947 bits per heavy atom. The molecule has 0 saturated heterocycles. The van der Waals surface area contributed by atoms with Crippen molar-refractivity contribution in [3.8, 4) is 0 Å². The van der Waals surface area contributed by atoms with Crippen LogP contribution in [0.15, 0.2) is 54.6 Å². The number of rotatable bonds is 3. The number of nitrogens with zero attached hydrogens (tertiary/aromatic N) is 1. The number of hydrogen-bond donors (Lipinski definition) is 0. The number of benzene rings is 2. The van der Waals surface area contributed by atoms with Crippen LogP contribution in [-0.4, -0.2) is 18.7 Å². The molecule has 0 saturated carbocycles. The molecule has 19 heavy (non-hydrogen) atoms. The van der Waals surface area contributed by atoms with Crippen molar-refractivity contribution in [2.45, 2.75) is 0 Å². The largest absolute Gasteiger partial charge is 0.309 e. The van der Waals surface area contributed by atoms with Crippen LogP contribution in [0.3, 0.4) is 0 Å². The van der Waals surface area contributed by atoms with Gasteiger partial charge in [0.2, 0.25) is 0 Å². The third-order valence-corrected chi connectivity index (χ3v) is 2.75. The zero-order valence-electron chi connectivity index (χ0n) is 10.3. The summed E-state index contributed by atoms with van der Waals surface area (Å²) in [7, 11) is 1.53. The fourth-order valence-electron chi connectivity index (χ4n) is 1.65. The molecule has 0 unspecified atom stereocenters. The van der Waals surface area contributed by atoms with E-state index in [1.165, 1.54) is 24.1 Å². The molecule has 1 amide bonds. The van der Waals surface area contributed by atoms with E-state index in [1.807, 2.05) is 6.07 Å². The minimum Gasteiger partial charge on any atom is -0.309 e. The van der Waals surface area contributed by atoms with Crippen LogP contribution in [0.25, 0.3) is 0 Å². The molecule has 0 aliphatic carbocycles. The molecule has 0 radical (unpaired) electrons. The van der Waals surface area contributed by atoms with E-state index < -0.39 is 17.5 Å². The lowest BCUT2D eigenvalue weighted by molar-refractivity contribution is -0.114. The molecule has 0 spiro atoms. The number of Topliss-reactive ketones (excluding diaryl/α,β-unsaturated/α-hetero) is 1. The lowest BCUT2D eigenvalue weighted by Gasteiger charge is -2.16. The highest BCUT2D eigenvalue weighted by atomic mass is 19.1. The average molecular weight is 257 g/mol. The maximum absolute atomic E-state index is 12.8. The van der Waals surface area contributed by atoms with E-state index in [9.17, 15) is 14.0 Å². The molecule has 0 aliphatic rings. The molecule has 0 bridgehead atoms. The summed E-state index contributed by atoms with van der Waals surface area (Å²) in [5, 5.41) is 0. The lowest BCUT2D eigenvalue weighted by atomic mass is 10.1. The monoisotopic (exact) mass is 257 g/mol. The van der Waals surface area contributed by atoms with Crippen LogP contribution in [0.4, 0.5) is 10.1 Å². The summed E-state index contributed by atoms with van der Waals surface area (Å²) in [5.41, 5.74) is 0.803. The highest BCUT2D eigenvalue weighted by Crippen LogP contribution is 2.13. The lowest BCUT2D eigenvalue weighted by Crippen LogP contribution is -2.33. The van der Waals surface area contributed by atoms with Crippen molar-refractivity contribution in [1.29, 1.82) is 0 Å². The number of anilines is 1. The first-order chi connectivity index (χ1) is 9.09. The van der Waals surface area contributed by atoms with Crippen LogP contribution in [0, 0.1) is 5.82 Å². The molecule has 96 valence electrons. The fraction of sp³-hybridized carbons (Fsp3) is 0.0667. The van der Waals surface area contributed by atoms with Crippen molar-refractivity contribution in [3.63, 3.8) is 0 Å². The molecule has 4 heteroatoms. The van der Waals surface area contributed by atoms with Crippen molar-refractivity contribution in [3.05, 3.63) is 66.0 Å². The zero-order valence-corrected chi connectivity index (χ0v) is 10.3. The van der Waals surface area contributed by atoms with Crippen molar-refractivity contribution in [1.82, 2.24) is 0 Å². The highest BCUT2D eigenvalue weighted by molar-refractivity contribution is 6.47. The molecule has 0 aliphatic heterocycles. The molecule has 2 aromatic rings. The third kappa shape index (κ3) is 2.85. The summed E-state index contributed by atoms with van der Waals surface area (Å²) < 4.78 is 12.8. The summed E-state index contributed by atoms with van der Waals surface area (Å²) in [6, 6.07) is 13.8. The van der Waals surface area contributed by atoms with E-state index in [2.05, 4.69) is 0 Å². The van der Waals surface area contributed by atoms with E-state index >= 15 is 0 Å². The first kappa shape index (κ1) is 13.0. The summed E-state index contributed by atoms with van der Waals surface area (Å²) in [4.78, 5) is 25.2. The fourth-order valence-corrected chi connectivity index (χ4v) is 1.65. The van der Waals surface area contributed by atoms with Crippen LogP contribution < -0.4 is 4.90 Å². The minimum absolute atomic E-state index is 0.175. The average Bonchev–Trinajstić information content (AvgIpc) is 2.46. The van der Waals surface area contributed by atoms with E-state index in [4.69, 9.17) is 0 Å². The summed E-state index contributed by atoms with van der Waals surface area (Å²) in [5.74, 6) is -1.76. The molecular weight excluding hydrogens is 245 g/mol. The maximum Gasteiger partial charge on any atom is 0.299 e. The number of likely N-dealkylation sites (N-methyl/N-ethyl adjacent to an activating group) is 1. The summed E-state index contributed by atoms with van der Waals surface area (Å²) in [6.07, 6.45) is 0. The second-order valence-electron chi connectivity index (χ2n) is 4.04. The number of carbonyl (C=O) groups is 2. The molecule has 0 atom stereocenters. The Labute approximate surface area is 110 Å². The molecule has 0 fully saturated rings. The Balaban J connectivity index is 2.20. The molecule has 3 nitrogen and oxygen atoms in total. The number of hydrogen-bond acceptors (Lipinski definition) is 2. The van der Waals surface area contributed by atoms with Crippen molar-refractivity contribution >= 4 is 17.4 Å². The minimum atomic E-state index is -0.661. The molecular formula is C15H12FNO2.